The third kappa shape index (κ3) is 3.09. The maximum atomic E-state index is 12.9. The molecule has 0 radical (unpaired) electrons. The van der Waals surface area contributed by atoms with Crippen molar-refractivity contribution in [1.29, 1.82) is 0 Å². The fraction of sp³-hybridized carbons (Fsp3) is 0.0476. The Morgan fingerprint density at radius 1 is 0.741 bits per heavy atom. The van der Waals surface area contributed by atoms with Crippen molar-refractivity contribution < 1.29 is 17.3 Å². The highest BCUT2D eigenvalue weighted by molar-refractivity contribution is 7.87. The van der Waals surface area contributed by atoms with E-state index in [-0.39, 0.29) is 10.6 Å². The van der Waals surface area contributed by atoms with Crippen LogP contribution in [-0.4, -0.2) is 15.5 Å². The summed E-state index contributed by atoms with van der Waals surface area (Å²) < 4.78 is 36.4. The molecule has 0 N–H and O–H groups in total. The van der Waals surface area contributed by atoms with Gasteiger partial charge in [-0.2, -0.15) is 8.42 Å². The van der Waals surface area contributed by atoms with Crippen LogP contribution in [0.4, 0.5) is 0 Å². The molecule has 0 amide bonds. The van der Waals surface area contributed by atoms with E-state index in [9.17, 15) is 8.42 Å². The predicted octanol–water partition coefficient (Wildman–Crippen LogP) is 5.42. The van der Waals surface area contributed by atoms with Crippen molar-refractivity contribution in [2.75, 3.05) is 7.11 Å². The van der Waals surface area contributed by atoms with E-state index in [1.807, 2.05) is 36.4 Å². The van der Waals surface area contributed by atoms with Gasteiger partial charge in [0.05, 0.1) is 12.1 Å². The molecular weight excluding hydrogens is 384 g/mol. The molecule has 6 heteroatoms. The van der Waals surface area contributed by atoms with Crippen LogP contribution in [0.3, 0.4) is 0 Å². The van der Waals surface area contributed by atoms with Crippen molar-refractivity contribution in [2.24, 2.45) is 0 Å². The van der Waals surface area contributed by atoms with Gasteiger partial charge in [-0.3, -0.25) is 0 Å². The van der Waals surface area contributed by atoms with Gasteiger partial charge in [0.15, 0.2) is 5.75 Å². The Balaban J connectivity index is 1.93. The second-order valence-electron chi connectivity index (χ2n) is 5.95. The molecule has 0 aliphatic rings. The summed E-state index contributed by atoms with van der Waals surface area (Å²) in [5, 5.41) is 3.31. The summed E-state index contributed by atoms with van der Waals surface area (Å²) in [6.07, 6.45) is 0. The molecule has 27 heavy (non-hydrogen) atoms. The van der Waals surface area contributed by atoms with E-state index in [2.05, 4.69) is 0 Å². The minimum absolute atomic E-state index is 0.0476. The first-order valence-electron chi connectivity index (χ1n) is 8.19. The number of ether oxygens (including phenoxy) is 1. The fourth-order valence-corrected chi connectivity index (χ4v) is 4.32. The number of hydrogen-bond acceptors (Lipinski definition) is 4. The molecule has 0 spiro atoms. The van der Waals surface area contributed by atoms with E-state index in [1.54, 1.807) is 24.3 Å². The van der Waals surface area contributed by atoms with Crippen molar-refractivity contribution in [3.63, 3.8) is 0 Å². The first-order chi connectivity index (χ1) is 13.0. The van der Waals surface area contributed by atoms with Gasteiger partial charge in [0, 0.05) is 21.5 Å². The molecule has 4 aromatic carbocycles. The maximum absolute atomic E-state index is 12.9. The van der Waals surface area contributed by atoms with Crippen molar-refractivity contribution >= 4 is 43.3 Å². The maximum Gasteiger partial charge on any atom is 0.339 e. The standard InChI is InChI=1S/C21H15ClO4S/c1-25-14-10-12-15(13-11-14)27(23,24)26-21-18-8-4-2-6-16(18)20(22)17-7-3-5-9-19(17)21/h2-13H,1H3. The Bertz CT molecular complexity index is 1190. The second-order valence-corrected chi connectivity index (χ2v) is 7.87. The number of fused-ring (bicyclic) bond motifs is 2. The van der Waals surface area contributed by atoms with Gasteiger partial charge in [-0.1, -0.05) is 60.1 Å². The zero-order valence-electron chi connectivity index (χ0n) is 14.3. The van der Waals surface area contributed by atoms with Crippen molar-refractivity contribution in [1.82, 2.24) is 0 Å². The summed E-state index contributed by atoms with van der Waals surface area (Å²) in [4.78, 5) is 0.0476. The van der Waals surface area contributed by atoms with Gasteiger partial charge < -0.3 is 8.92 Å². The molecule has 0 aliphatic heterocycles. The Hall–Kier alpha value is -2.76. The molecule has 4 aromatic rings. The highest BCUT2D eigenvalue weighted by Crippen LogP contribution is 2.41. The first kappa shape index (κ1) is 17.6. The monoisotopic (exact) mass is 398 g/mol. The number of hydrogen-bond donors (Lipinski definition) is 0. The highest BCUT2D eigenvalue weighted by atomic mass is 35.5. The Morgan fingerprint density at radius 2 is 1.22 bits per heavy atom. The lowest BCUT2D eigenvalue weighted by atomic mass is 10.0. The number of benzene rings is 4. The molecule has 0 bridgehead atoms. The summed E-state index contributed by atoms with van der Waals surface area (Å²) in [6.45, 7) is 0. The van der Waals surface area contributed by atoms with Gasteiger partial charge >= 0.3 is 10.1 Å². The minimum atomic E-state index is -4.03. The lowest BCUT2D eigenvalue weighted by Gasteiger charge is -2.14. The van der Waals surface area contributed by atoms with Crippen molar-refractivity contribution in [3.05, 3.63) is 77.8 Å². The summed E-state index contributed by atoms with van der Waals surface area (Å²) in [5.41, 5.74) is 0. The predicted molar refractivity (Wildman–Crippen MR) is 107 cm³/mol. The third-order valence-corrected chi connectivity index (χ3v) is 6.00. The smallest absolute Gasteiger partial charge is 0.339 e. The molecule has 136 valence electrons. The van der Waals surface area contributed by atoms with Crippen LogP contribution in [0, 0.1) is 0 Å². The van der Waals surface area contributed by atoms with E-state index < -0.39 is 10.1 Å². The van der Waals surface area contributed by atoms with Crippen LogP contribution in [0.2, 0.25) is 5.02 Å². The molecule has 4 rings (SSSR count). The van der Waals surface area contributed by atoms with Gasteiger partial charge in [-0.25, -0.2) is 0 Å². The average molecular weight is 399 g/mol. The fourth-order valence-electron chi connectivity index (χ4n) is 3.03. The van der Waals surface area contributed by atoms with E-state index in [4.69, 9.17) is 20.5 Å². The minimum Gasteiger partial charge on any atom is -0.497 e. The molecule has 4 nitrogen and oxygen atoms in total. The lowest BCUT2D eigenvalue weighted by molar-refractivity contribution is 0.414. The molecule has 0 saturated heterocycles. The first-order valence-corrected chi connectivity index (χ1v) is 9.97. The van der Waals surface area contributed by atoms with E-state index >= 15 is 0 Å². The highest BCUT2D eigenvalue weighted by Gasteiger charge is 2.21. The molecule has 0 heterocycles. The zero-order valence-corrected chi connectivity index (χ0v) is 15.9. The summed E-state index contributed by atoms with van der Waals surface area (Å²) in [6, 6.07) is 20.7. The van der Waals surface area contributed by atoms with Gasteiger partial charge in [-0.05, 0) is 24.3 Å². The van der Waals surface area contributed by atoms with Crippen molar-refractivity contribution in [2.45, 2.75) is 4.90 Å². The SMILES string of the molecule is COc1ccc(S(=O)(=O)Oc2c3ccccc3c(Cl)c3ccccc23)cc1. The van der Waals surface area contributed by atoms with Crippen LogP contribution in [0.25, 0.3) is 21.5 Å². The third-order valence-electron chi connectivity index (χ3n) is 4.36. The van der Waals surface area contributed by atoms with Gasteiger partial charge in [0.25, 0.3) is 0 Å². The molecule has 0 atom stereocenters. The van der Waals surface area contributed by atoms with Crippen LogP contribution >= 0.6 is 11.6 Å². The lowest BCUT2D eigenvalue weighted by Crippen LogP contribution is -2.10. The number of methoxy groups -OCH3 is 1. The summed E-state index contributed by atoms with van der Waals surface area (Å²) in [7, 11) is -2.51. The molecule has 0 aromatic heterocycles. The Labute approximate surface area is 162 Å². The van der Waals surface area contributed by atoms with Gasteiger partial charge in [0.1, 0.15) is 10.6 Å². The molecule has 0 saturated carbocycles. The largest absolute Gasteiger partial charge is 0.497 e. The normalized spacial score (nSPS) is 11.6. The Kier molecular flexibility index (Phi) is 4.42. The molecule has 0 unspecified atom stereocenters. The molecule has 0 fully saturated rings. The molecule has 0 aliphatic carbocycles. The summed E-state index contributed by atoms with van der Waals surface area (Å²) in [5.74, 6) is 0.831. The van der Waals surface area contributed by atoms with E-state index in [0.717, 1.165) is 10.8 Å². The van der Waals surface area contributed by atoms with E-state index in [1.165, 1.54) is 19.2 Å². The zero-order chi connectivity index (χ0) is 19.0. The Morgan fingerprint density at radius 3 is 1.70 bits per heavy atom. The van der Waals surface area contributed by atoms with Gasteiger partial charge in [0.2, 0.25) is 0 Å². The second kappa shape index (κ2) is 6.76. The van der Waals surface area contributed by atoms with Crippen LogP contribution in [0.1, 0.15) is 0 Å². The average Bonchev–Trinajstić information content (AvgIpc) is 2.71. The van der Waals surface area contributed by atoms with Crippen LogP contribution < -0.4 is 8.92 Å². The molecular formula is C21H15ClO4S. The van der Waals surface area contributed by atoms with Crippen LogP contribution in [-0.2, 0) is 10.1 Å². The van der Waals surface area contributed by atoms with E-state index in [0.29, 0.717) is 21.5 Å². The van der Waals surface area contributed by atoms with Crippen LogP contribution in [0.15, 0.2) is 77.7 Å². The quantitative estimate of drug-likeness (QED) is 0.340. The number of halogens is 1. The van der Waals surface area contributed by atoms with Crippen LogP contribution in [0.5, 0.6) is 11.5 Å². The number of rotatable bonds is 4. The van der Waals surface area contributed by atoms with Gasteiger partial charge in [-0.15, -0.1) is 0 Å². The topological polar surface area (TPSA) is 52.6 Å². The van der Waals surface area contributed by atoms with Crippen molar-refractivity contribution in [3.8, 4) is 11.5 Å². The summed E-state index contributed by atoms with van der Waals surface area (Å²) >= 11 is 6.55.